The SMILES string of the molecule is CC(C)(C)OC(=O)CC1CCN(CCCOc2ccc(Cl)cc2)CC1.CCC1CCN(CCCOc2ccc(Cl)cc2)CC1.CN(C(=O)COc1ccc(Cl)cc1)C1CCN(CCCOc2ccc(Cl)cc2)CC1.O=C(O)COc1ccc(Cl)cc1. The maximum absolute atomic E-state index is 12.5. The van der Waals surface area contributed by atoms with Crippen molar-refractivity contribution in [3.63, 3.8) is 0 Å². The van der Waals surface area contributed by atoms with Crippen molar-refractivity contribution in [2.45, 2.75) is 110 Å². The molecule has 5 aromatic carbocycles. The molecule has 0 spiro atoms. The number of aliphatic carboxylic acids is 1. The average molecular weight is 1290 g/mol. The summed E-state index contributed by atoms with van der Waals surface area (Å²) >= 11 is 29.0. The molecule has 3 aliphatic rings. The molecule has 0 aliphatic carbocycles. The molecule has 1 amide bonds. The van der Waals surface area contributed by atoms with Crippen LogP contribution in [0.4, 0.5) is 0 Å². The lowest BCUT2D eigenvalue weighted by Gasteiger charge is -2.36. The van der Waals surface area contributed by atoms with E-state index in [0.717, 1.165) is 131 Å². The molecule has 14 nitrogen and oxygen atoms in total. The monoisotopic (exact) mass is 1280 g/mol. The van der Waals surface area contributed by atoms with Crippen LogP contribution < -0.4 is 23.7 Å². The van der Waals surface area contributed by atoms with Gasteiger partial charge in [0.15, 0.2) is 13.2 Å². The zero-order valence-electron chi connectivity index (χ0n) is 50.8. The standard InChI is InChI=1S/C23H28Cl2N2O3.C20H30ClNO3.C16H24ClNO.C8H7ClO3/c1-26(23(28)17-30-22-9-5-19(25)6-10-22)20-11-14-27(15-12-20)13-2-16-29-21-7-3-18(24)4-8-21;1-20(2,3)25-19(23)15-16-9-12-22(13-10-16)11-4-14-24-18-7-5-17(21)6-8-18;1-2-14-8-11-18(12-9-14)10-3-13-19-16-6-4-15(17)5-7-16;9-6-1-3-7(4-2-6)12-5-8(10)11/h3-10,20H,2,11-17H2,1H3;5-8,16H,4,9-15H2,1-3H3;4-7,14H,2-3,8-13H2,1H3;1-4H,5H2,(H,10,11). The largest absolute Gasteiger partial charge is 0.494 e. The molecule has 8 rings (SSSR count). The van der Waals surface area contributed by atoms with E-state index < -0.39 is 5.97 Å². The van der Waals surface area contributed by atoms with Gasteiger partial charge in [-0.1, -0.05) is 71.3 Å². The molecule has 5 aromatic rings. The first kappa shape index (κ1) is 71.6. The second kappa shape index (κ2) is 39.7. The van der Waals surface area contributed by atoms with E-state index in [1.54, 1.807) is 48.5 Å². The second-order valence-electron chi connectivity index (χ2n) is 22.7. The van der Waals surface area contributed by atoms with E-state index in [-0.39, 0.29) is 36.7 Å². The molecule has 3 saturated heterocycles. The van der Waals surface area contributed by atoms with Crippen LogP contribution in [0, 0.1) is 11.8 Å². The Morgan fingerprint density at radius 1 is 0.477 bits per heavy atom. The summed E-state index contributed by atoms with van der Waals surface area (Å²) in [7, 11) is 1.87. The fraction of sp³-hybridized carbons (Fsp3) is 0.507. The van der Waals surface area contributed by atoms with Crippen LogP contribution in [-0.2, 0) is 19.1 Å². The van der Waals surface area contributed by atoms with Gasteiger partial charge in [-0.15, -0.1) is 0 Å². The predicted octanol–water partition coefficient (Wildman–Crippen LogP) is 15.4. The van der Waals surface area contributed by atoms with E-state index in [0.29, 0.717) is 52.1 Å². The molecule has 0 radical (unpaired) electrons. The van der Waals surface area contributed by atoms with Gasteiger partial charge in [0.1, 0.15) is 34.3 Å². The van der Waals surface area contributed by atoms with Gasteiger partial charge in [-0.05, 0) is 238 Å². The highest BCUT2D eigenvalue weighted by atomic mass is 35.5. The van der Waals surface area contributed by atoms with E-state index in [9.17, 15) is 14.4 Å². The van der Waals surface area contributed by atoms with E-state index in [2.05, 4.69) is 21.6 Å². The van der Waals surface area contributed by atoms with Crippen molar-refractivity contribution >= 4 is 75.9 Å². The molecule has 3 heterocycles. The average Bonchev–Trinajstić information content (AvgIpc) is 3.60. The smallest absolute Gasteiger partial charge is 0.341 e. The van der Waals surface area contributed by atoms with Crippen molar-refractivity contribution in [1.82, 2.24) is 19.6 Å². The van der Waals surface area contributed by atoms with Crippen LogP contribution in [0.3, 0.4) is 0 Å². The van der Waals surface area contributed by atoms with Gasteiger partial charge in [-0.25, -0.2) is 4.79 Å². The van der Waals surface area contributed by atoms with E-state index in [4.69, 9.17) is 91.5 Å². The van der Waals surface area contributed by atoms with Crippen molar-refractivity contribution in [3.05, 3.63) is 146 Å². The number of carboxylic acid groups (broad SMARTS) is 1. The first-order chi connectivity index (χ1) is 41.3. The lowest BCUT2D eigenvalue weighted by molar-refractivity contribution is -0.156. The molecule has 3 fully saturated rings. The minimum absolute atomic E-state index is 0.000218. The number of amides is 1. The van der Waals surface area contributed by atoms with Crippen molar-refractivity contribution < 1.29 is 47.9 Å². The van der Waals surface area contributed by atoms with Gasteiger partial charge in [0.2, 0.25) is 0 Å². The van der Waals surface area contributed by atoms with Crippen LogP contribution in [0.5, 0.6) is 28.7 Å². The van der Waals surface area contributed by atoms with Gasteiger partial charge in [0.25, 0.3) is 5.91 Å². The summed E-state index contributed by atoms with van der Waals surface area (Å²) < 4.78 is 33.1. The number of likely N-dealkylation sites (N-methyl/N-ethyl adjacent to an activating group) is 1. The second-order valence-corrected chi connectivity index (χ2v) is 24.9. The summed E-state index contributed by atoms with van der Waals surface area (Å²) in [5.74, 6) is 4.12. The van der Waals surface area contributed by atoms with Gasteiger partial charge in [0.05, 0.1) is 19.8 Å². The highest BCUT2D eigenvalue weighted by molar-refractivity contribution is 6.31. The van der Waals surface area contributed by atoms with E-state index in [1.807, 2.05) is 106 Å². The summed E-state index contributed by atoms with van der Waals surface area (Å²) in [5.41, 5.74) is -0.387. The fourth-order valence-electron chi connectivity index (χ4n) is 9.87. The Morgan fingerprint density at radius 2 is 0.779 bits per heavy atom. The summed E-state index contributed by atoms with van der Waals surface area (Å²) in [4.78, 5) is 43.8. The number of halogens is 5. The molecule has 0 aromatic heterocycles. The quantitative estimate of drug-likeness (QED) is 0.0438. The Bertz CT molecular complexity index is 2660. The number of carbonyl (C=O) groups is 3. The minimum atomic E-state index is -0.995. The number of hydrogen-bond donors (Lipinski definition) is 1. The summed E-state index contributed by atoms with van der Waals surface area (Å²) in [5, 5.41) is 11.7. The number of hydrogen-bond acceptors (Lipinski definition) is 12. The first-order valence-electron chi connectivity index (χ1n) is 30.1. The normalized spacial score (nSPS) is 15.3. The molecule has 3 aliphatic heterocycles. The van der Waals surface area contributed by atoms with Crippen molar-refractivity contribution in [1.29, 1.82) is 0 Å². The number of carbonyl (C=O) groups excluding carboxylic acids is 2. The Morgan fingerprint density at radius 3 is 1.09 bits per heavy atom. The number of nitrogens with zero attached hydrogens (tertiary/aromatic N) is 4. The predicted molar refractivity (Wildman–Crippen MR) is 348 cm³/mol. The van der Waals surface area contributed by atoms with E-state index >= 15 is 0 Å². The molecule has 0 unspecified atom stereocenters. The van der Waals surface area contributed by atoms with Crippen molar-refractivity contribution in [2.75, 3.05) is 99.0 Å². The van der Waals surface area contributed by atoms with Crippen LogP contribution in [0.2, 0.25) is 25.1 Å². The van der Waals surface area contributed by atoms with Crippen molar-refractivity contribution in [3.8, 4) is 28.7 Å². The molecule has 0 saturated carbocycles. The molecule has 19 heteroatoms. The Kier molecular flexibility index (Phi) is 33.0. The minimum Gasteiger partial charge on any atom is -0.494 e. The van der Waals surface area contributed by atoms with Crippen molar-refractivity contribution in [2.24, 2.45) is 11.8 Å². The summed E-state index contributed by atoms with van der Waals surface area (Å²) in [6.07, 6.45) is 11.8. The van der Waals surface area contributed by atoms with Gasteiger partial charge < -0.3 is 53.1 Å². The lowest BCUT2D eigenvalue weighted by Crippen LogP contribution is -2.47. The third kappa shape index (κ3) is 30.7. The maximum Gasteiger partial charge on any atom is 0.341 e. The Labute approximate surface area is 536 Å². The van der Waals surface area contributed by atoms with Gasteiger partial charge in [-0.2, -0.15) is 0 Å². The number of rotatable bonds is 25. The molecule has 0 bridgehead atoms. The van der Waals surface area contributed by atoms with Crippen LogP contribution in [0.15, 0.2) is 121 Å². The highest BCUT2D eigenvalue weighted by Gasteiger charge is 2.27. The number of carboxylic acids is 1. The number of piperidine rings is 3. The highest BCUT2D eigenvalue weighted by Crippen LogP contribution is 2.25. The number of likely N-dealkylation sites (tertiary alicyclic amines) is 3. The number of benzene rings is 5. The lowest BCUT2D eigenvalue weighted by atomic mass is 9.93. The summed E-state index contributed by atoms with van der Waals surface area (Å²) in [6.45, 7) is 19.7. The zero-order valence-corrected chi connectivity index (χ0v) is 54.5. The van der Waals surface area contributed by atoms with Gasteiger partial charge >= 0.3 is 11.9 Å². The number of esters is 1. The number of ether oxygens (including phenoxy) is 6. The third-order valence-corrected chi connectivity index (χ3v) is 16.1. The maximum atomic E-state index is 12.5. The molecule has 86 heavy (non-hydrogen) atoms. The topological polar surface area (TPSA) is 140 Å². The van der Waals surface area contributed by atoms with E-state index in [1.165, 1.54) is 32.4 Å². The zero-order chi connectivity index (χ0) is 62.1. The van der Waals surface area contributed by atoms with Crippen LogP contribution in [0.1, 0.15) is 98.3 Å². The molecule has 0 atom stereocenters. The van der Waals surface area contributed by atoms with Crippen LogP contribution in [0.25, 0.3) is 0 Å². The molecular weight excluding hydrogens is 1200 g/mol. The Balaban J connectivity index is 0.000000219. The first-order valence-corrected chi connectivity index (χ1v) is 32.0. The van der Waals surface area contributed by atoms with Gasteiger partial charge in [0, 0.05) is 77.3 Å². The van der Waals surface area contributed by atoms with Gasteiger partial charge in [-0.3, -0.25) is 9.59 Å². The van der Waals surface area contributed by atoms with Crippen LogP contribution >= 0.6 is 58.0 Å². The molecule has 472 valence electrons. The summed E-state index contributed by atoms with van der Waals surface area (Å²) in [6, 6.07) is 36.3. The molecular formula is C67H89Cl5N4O10. The van der Waals surface area contributed by atoms with Crippen LogP contribution in [-0.4, -0.2) is 153 Å². The third-order valence-electron chi connectivity index (χ3n) is 14.8. The fourth-order valence-corrected chi connectivity index (χ4v) is 10.5. The molecule has 1 N–H and O–H groups in total. The Hall–Kier alpha value is -5.16.